The maximum Gasteiger partial charge on any atom is 0.339 e. The van der Waals surface area contributed by atoms with Crippen molar-refractivity contribution in [1.82, 2.24) is 21.3 Å². The molecule has 63 heavy (non-hydrogen) atoms. The normalized spacial score (nSPS) is 15.2. The van der Waals surface area contributed by atoms with Crippen molar-refractivity contribution in [3.8, 4) is 0 Å². The van der Waals surface area contributed by atoms with Crippen LogP contribution in [-0.4, -0.2) is 107 Å². The molecule has 4 amide bonds. The molecular formula is C44H53FN6O12. The largest absolute Gasteiger partial charge is 0.481 e. The summed E-state index contributed by atoms with van der Waals surface area (Å²) in [6.07, 6.45) is -2.69. The number of esters is 1. The summed E-state index contributed by atoms with van der Waals surface area (Å²) in [5.74, 6) is -8.41. The summed E-state index contributed by atoms with van der Waals surface area (Å²) in [6, 6.07) is 10.9. The Hall–Kier alpha value is -6.73. The number of carboxylic acids is 2. The molecule has 18 nitrogen and oxygen atoms in total. The Morgan fingerprint density at radius 2 is 1.46 bits per heavy atom. The Kier molecular flexibility index (Phi) is 18.2. The first-order valence-electron chi connectivity index (χ1n) is 20.3. The molecule has 4 rings (SSSR count). The zero-order chi connectivity index (χ0) is 46.2. The van der Waals surface area contributed by atoms with Gasteiger partial charge in [-0.05, 0) is 87.0 Å². The van der Waals surface area contributed by atoms with Crippen molar-refractivity contribution < 1.29 is 62.4 Å². The van der Waals surface area contributed by atoms with Gasteiger partial charge in [0.05, 0.1) is 24.7 Å². The van der Waals surface area contributed by atoms with Gasteiger partial charge in [-0.25, -0.2) is 9.18 Å². The second-order valence-electron chi connectivity index (χ2n) is 15.1. The van der Waals surface area contributed by atoms with Gasteiger partial charge in [-0.2, -0.15) is 0 Å². The molecule has 0 aliphatic carbocycles. The number of carboxylic acid groups (broad SMARTS) is 2. The van der Waals surface area contributed by atoms with Crippen molar-refractivity contribution >= 4 is 53.0 Å². The van der Waals surface area contributed by atoms with Gasteiger partial charge in [0.25, 0.3) is 0 Å². The van der Waals surface area contributed by atoms with Crippen LogP contribution in [0.5, 0.6) is 0 Å². The molecule has 3 aromatic rings. The highest BCUT2D eigenvalue weighted by atomic mass is 19.1. The zero-order valence-corrected chi connectivity index (χ0v) is 35.1. The molecule has 0 spiro atoms. The maximum atomic E-state index is 14.1. The third-order valence-corrected chi connectivity index (χ3v) is 10.3. The fourth-order valence-corrected chi connectivity index (χ4v) is 6.87. The summed E-state index contributed by atoms with van der Waals surface area (Å²) in [6.45, 7) is 3.75. The van der Waals surface area contributed by atoms with Crippen LogP contribution in [0.15, 0.2) is 66.7 Å². The quantitative estimate of drug-likeness (QED) is 0.0597. The van der Waals surface area contributed by atoms with Gasteiger partial charge >= 0.3 is 17.9 Å². The van der Waals surface area contributed by atoms with Crippen molar-refractivity contribution in [1.29, 1.82) is 0 Å². The molecule has 3 aromatic carbocycles. The summed E-state index contributed by atoms with van der Waals surface area (Å²) < 4.78 is 25.1. The first-order chi connectivity index (χ1) is 30.0. The molecule has 0 bridgehead atoms. The van der Waals surface area contributed by atoms with Gasteiger partial charge in [0.2, 0.25) is 23.6 Å². The number of aryl methyl sites for hydroxylation is 2. The number of halogens is 1. The van der Waals surface area contributed by atoms with E-state index in [1.807, 2.05) is 0 Å². The highest BCUT2D eigenvalue weighted by Crippen LogP contribution is 2.26. The average Bonchev–Trinajstić information content (AvgIpc) is 3.66. The van der Waals surface area contributed by atoms with Gasteiger partial charge in [-0.3, -0.25) is 33.6 Å². The van der Waals surface area contributed by atoms with E-state index in [0.29, 0.717) is 27.9 Å². The van der Waals surface area contributed by atoms with E-state index in [9.17, 15) is 53.0 Å². The average molecular weight is 877 g/mol. The molecule has 9 N–H and O–H groups in total. The van der Waals surface area contributed by atoms with Crippen LogP contribution in [0.2, 0.25) is 0 Å². The van der Waals surface area contributed by atoms with Crippen LogP contribution in [0.3, 0.4) is 0 Å². The number of nitrogens with one attached hydrogen (secondary N) is 5. The Bertz CT molecular complexity index is 2130. The van der Waals surface area contributed by atoms with Crippen LogP contribution in [0.1, 0.15) is 71.6 Å². The minimum atomic E-state index is -1.70. The highest BCUT2D eigenvalue weighted by molar-refractivity contribution is 5.99. The number of carbonyl (C=O) groups excluding carboxylic acids is 6. The minimum Gasteiger partial charge on any atom is -0.481 e. The van der Waals surface area contributed by atoms with E-state index in [2.05, 4.69) is 26.6 Å². The Labute approximate surface area is 362 Å². The molecule has 0 radical (unpaired) electrons. The first-order valence-corrected chi connectivity index (χ1v) is 20.3. The van der Waals surface area contributed by atoms with E-state index in [4.69, 9.17) is 15.2 Å². The maximum absolute atomic E-state index is 14.1. The Morgan fingerprint density at radius 3 is 2.11 bits per heavy atom. The molecule has 338 valence electrons. The number of amides is 4. The number of hydrogen-bond donors (Lipinski definition) is 8. The number of carbonyl (C=O) groups is 8. The lowest BCUT2D eigenvalue weighted by Crippen LogP contribution is -2.61. The number of ketones is 1. The SMILES string of the molecule is Cc1cccc(C)c1C(=O)OCC(=O)[C@H](CC(=O)O)NC(=O)[C@H](CCN)NC(=O)[C@@H](NC(=O)[C@H](CCCC(=O)O)NC(=O)[C@@H]1Cc2cc(F)ccc2N1)C(C)OCc1ccccc1. The number of ether oxygens (including phenoxy) is 2. The molecule has 1 aliphatic rings. The summed E-state index contributed by atoms with van der Waals surface area (Å²) in [5, 5.41) is 31.9. The predicted octanol–water partition coefficient (Wildman–Crippen LogP) is 1.83. The standard InChI is InChI=1S/C44H53FN6O12/c1-24-9-7-10-25(2)38(24)44(61)63-23-35(52)33(21-37(55)56)50-40(57)32(17-18-46)49-43(60)39(26(3)62-22-27-11-5-4-6-12-27)51-41(58)31(13-8-14-36(53)54)48-42(59)34-20-28-19-29(45)15-16-30(28)47-34/h4-7,9-12,15-16,19,26,31-34,39,47H,8,13-14,17-18,20-23,46H2,1-3H3,(H,48,59)(H,49,60)(H,50,57)(H,51,58)(H,53,54)(H,55,56)/t26?,31-,32-,33-,34-,39-/m0/s1. The van der Waals surface area contributed by atoms with E-state index in [0.717, 1.165) is 0 Å². The van der Waals surface area contributed by atoms with Gasteiger partial charge in [-0.1, -0.05) is 48.5 Å². The molecule has 1 heterocycles. The van der Waals surface area contributed by atoms with Crippen molar-refractivity contribution in [2.45, 2.75) is 102 Å². The summed E-state index contributed by atoms with van der Waals surface area (Å²) in [4.78, 5) is 105. The minimum absolute atomic E-state index is 0.0192. The topological polar surface area (TPSA) is 282 Å². The smallest absolute Gasteiger partial charge is 0.339 e. The Balaban J connectivity index is 1.52. The van der Waals surface area contributed by atoms with Crippen molar-refractivity contribution in [3.05, 3.63) is 100 Å². The second-order valence-corrected chi connectivity index (χ2v) is 15.1. The van der Waals surface area contributed by atoms with Crippen LogP contribution in [0.25, 0.3) is 0 Å². The van der Waals surface area contributed by atoms with Crippen molar-refractivity contribution in [2.75, 3.05) is 18.5 Å². The number of fused-ring (bicyclic) bond motifs is 1. The van der Waals surface area contributed by atoms with Gasteiger partial charge in [0, 0.05) is 18.5 Å². The summed E-state index contributed by atoms with van der Waals surface area (Å²) in [5.41, 5.74) is 8.97. The molecule has 6 atom stereocenters. The fourth-order valence-electron chi connectivity index (χ4n) is 6.87. The van der Waals surface area contributed by atoms with Crippen LogP contribution in [0, 0.1) is 19.7 Å². The van der Waals surface area contributed by atoms with Gasteiger partial charge in [-0.15, -0.1) is 0 Å². The van der Waals surface area contributed by atoms with Crippen LogP contribution >= 0.6 is 0 Å². The molecular weight excluding hydrogens is 824 g/mol. The van der Waals surface area contributed by atoms with Crippen LogP contribution in [-0.2, 0) is 56.1 Å². The van der Waals surface area contributed by atoms with E-state index >= 15 is 0 Å². The van der Waals surface area contributed by atoms with Crippen molar-refractivity contribution in [3.63, 3.8) is 0 Å². The van der Waals surface area contributed by atoms with Gasteiger partial charge < -0.3 is 52.0 Å². The fraction of sp³-hybridized carbons (Fsp3) is 0.409. The van der Waals surface area contributed by atoms with Gasteiger partial charge in [0.15, 0.2) is 12.4 Å². The van der Waals surface area contributed by atoms with E-state index in [-0.39, 0.29) is 50.8 Å². The number of benzene rings is 3. The third-order valence-electron chi connectivity index (χ3n) is 10.3. The predicted molar refractivity (Wildman–Crippen MR) is 225 cm³/mol. The number of aliphatic carboxylic acids is 2. The molecule has 0 saturated carbocycles. The third kappa shape index (κ3) is 14.7. The summed E-state index contributed by atoms with van der Waals surface area (Å²) in [7, 11) is 0. The van der Waals surface area contributed by atoms with Crippen LogP contribution < -0.4 is 32.3 Å². The lowest BCUT2D eigenvalue weighted by atomic mass is 10.0. The monoisotopic (exact) mass is 876 g/mol. The lowest BCUT2D eigenvalue weighted by molar-refractivity contribution is -0.141. The summed E-state index contributed by atoms with van der Waals surface area (Å²) >= 11 is 0. The van der Waals surface area contributed by atoms with E-state index in [1.165, 1.54) is 25.1 Å². The zero-order valence-electron chi connectivity index (χ0n) is 35.1. The molecule has 19 heteroatoms. The van der Waals surface area contributed by atoms with E-state index < -0.39 is 102 Å². The van der Waals surface area contributed by atoms with Crippen LogP contribution in [0.4, 0.5) is 10.1 Å². The molecule has 1 unspecified atom stereocenters. The number of anilines is 1. The number of rotatable bonds is 24. The molecule has 0 saturated heterocycles. The molecule has 0 aromatic heterocycles. The number of Topliss-reactive ketones (excluding diaryl/α,β-unsaturated/α-hetero) is 1. The lowest BCUT2D eigenvalue weighted by Gasteiger charge is -2.29. The Morgan fingerprint density at radius 1 is 0.810 bits per heavy atom. The number of hydrogen-bond acceptors (Lipinski definition) is 12. The first kappa shape index (κ1) is 48.9. The second kappa shape index (κ2) is 23.5. The molecule has 1 aliphatic heterocycles. The molecule has 0 fully saturated rings. The number of nitrogens with two attached hydrogens (primary N) is 1. The highest BCUT2D eigenvalue weighted by Gasteiger charge is 2.36. The van der Waals surface area contributed by atoms with Gasteiger partial charge in [0.1, 0.15) is 36.0 Å². The van der Waals surface area contributed by atoms with E-state index in [1.54, 1.807) is 62.4 Å². The van der Waals surface area contributed by atoms with Crippen molar-refractivity contribution in [2.24, 2.45) is 5.73 Å².